The molecule has 3 saturated heterocycles. The van der Waals surface area contributed by atoms with Crippen LogP contribution in [0.3, 0.4) is 0 Å². The van der Waals surface area contributed by atoms with Crippen LogP contribution in [0.25, 0.3) is 0 Å². The first-order chi connectivity index (χ1) is 14.6. The normalized spacial score (nSPS) is 38.7. The molecule has 4 aliphatic rings. The Morgan fingerprint density at radius 2 is 2.13 bits per heavy atom. The summed E-state index contributed by atoms with van der Waals surface area (Å²) < 4.78 is 27.7. The number of carbonyl (C=O) groups is 3. The molecule has 1 N–H and O–H groups in total. The SMILES string of the molecule is C=C1C(=O)OC2C=C(CO)C3OC3C3OC3(C)CC(OC(=O)C(C)=CCOC(C)=O)C12. The Bertz CT molecular complexity index is 887. The summed E-state index contributed by atoms with van der Waals surface area (Å²) in [6.07, 6.45) is 1.28. The van der Waals surface area contributed by atoms with E-state index in [1.807, 2.05) is 6.92 Å². The van der Waals surface area contributed by atoms with Gasteiger partial charge in [-0.1, -0.05) is 6.58 Å². The van der Waals surface area contributed by atoms with Crippen LogP contribution < -0.4 is 0 Å². The van der Waals surface area contributed by atoms with Crippen molar-refractivity contribution in [2.75, 3.05) is 13.2 Å². The van der Waals surface area contributed by atoms with Crippen molar-refractivity contribution in [2.24, 2.45) is 5.92 Å². The number of rotatable bonds is 5. The van der Waals surface area contributed by atoms with Crippen molar-refractivity contribution < 1.29 is 43.2 Å². The lowest BCUT2D eigenvalue weighted by atomic mass is 9.82. The zero-order valence-electron chi connectivity index (χ0n) is 17.7. The first kappa shape index (κ1) is 21.7. The van der Waals surface area contributed by atoms with Crippen molar-refractivity contribution in [3.8, 4) is 0 Å². The Morgan fingerprint density at radius 3 is 2.81 bits per heavy atom. The van der Waals surface area contributed by atoms with Crippen LogP contribution in [0, 0.1) is 5.92 Å². The number of epoxide rings is 2. The molecule has 3 aliphatic heterocycles. The van der Waals surface area contributed by atoms with Gasteiger partial charge in [-0.2, -0.15) is 0 Å². The summed E-state index contributed by atoms with van der Waals surface area (Å²) in [7, 11) is 0. The minimum Gasteiger partial charge on any atom is -0.462 e. The van der Waals surface area contributed by atoms with Gasteiger partial charge in [-0.3, -0.25) is 4.79 Å². The van der Waals surface area contributed by atoms with E-state index in [0.717, 1.165) is 0 Å². The molecule has 9 nitrogen and oxygen atoms in total. The molecular formula is C22H26O9. The monoisotopic (exact) mass is 434 g/mol. The third-order valence-electron chi connectivity index (χ3n) is 6.22. The lowest BCUT2D eigenvalue weighted by Gasteiger charge is -2.28. The molecule has 1 aliphatic carbocycles. The Labute approximate surface area is 179 Å². The molecule has 7 atom stereocenters. The van der Waals surface area contributed by atoms with Crippen molar-refractivity contribution in [1.29, 1.82) is 0 Å². The summed E-state index contributed by atoms with van der Waals surface area (Å²) in [4.78, 5) is 35.9. The summed E-state index contributed by atoms with van der Waals surface area (Å²) in [5.74, 6) is -2.26. The maximum absolute atomic E-state index is 12.7. The topological polar surface area (TPSA) is 124 Å². The standard InChI is InChI=1S/C22H26O9/c1-10(5-6-27-12(3)24)20(25)29-15-8-22(4)19(31-22)18-17(30-18)13(9-23)7-14-16(15)11(2)21(26)28-14/h5,7,14-19,23H,2,6,8-9H2,1,3-4H3. The van der Waals surface area contributed by atoms with Crippen LogP contribution in [-0.2, 0) is 38.1 Å². The van der Waals surface area contributed by atoms with E-state index in [1.165, 1.54) is 13.0 Å². The fourth-order valence-corrected chi connectivity index (χ4v) is 4.36. The van der Waals surface area contributed by atoms with E-state index < -0.39 is 41.6 Å². The Balaban J connectivity index is 1.60. The van der Waals surface area contributed by atoms with Crippen molar-refractivity contribution in [1.82, 2.24) is 0 Å². The molecule has 0 saturated carbocycles. The number of esters is 3. The Kier molecular flexibility index (Phi) is 5.53. The Hall–Kier alpha value is -2.49. The quantitative estimate of drug-likeness (QED) is 0.219. The van der Waals surface area contributed by atoms with Crippen LogP contribution in [0.2, 0.25) is 0 Å². The summed E-state index contributed by atoms with van der Waals surface area (Å²) in [5.41, 5.74) is 0.465. The maximum atomic E-state index is 12.7. The van der Waals surface area contributed by atoms with Gasteiger partial charge in [0, 0.05) is 24.5 Å². The minimum atomic E-state index is -0.755. The third kappa shape index (κ3) is 4.17. The van der Waals surface area contributed by atoms with Gasteiger partial charge in [0.05, 0.1) is 18.1 Å². The van der Waals surface area contributed by atoms with Crippen LogP contribution in [0.4, 0.5) is 0 Å². The van der Waals surface area contributed by atoms with E-state index in [4.69, 9.17) is 23.7 Å². The van der Waals surface area contributed by atoms with Gasteiger partial charge in [0.25, 0.3) is 0 Å². The molecule has 4 rings (SSSR count). The largest absolute Gasteiger partial charge is 0.462 e. The second-order valence-corrected chi connectivity index (χ2v) is 8.53. The average Bonchev–Trinajstić information content (AvgIpc) is 3.58. The van der Waals surface area contributed by atoms with Crippen molar-refractivity contribution >= 4 is 17.9 Å². The predicted molar refractivity (Wildman–Crippen MR) is 105 cm³/mol. The molecule has 7 unspecified atom stereocenters. The van der Waals surface area contributed by atoms with E-state index in [-0.39, 0.29) is 42.7 Å². The number of carbonyl (C=O) groups excluding carboxylic acids is 3. The van der Waals surface area contributed by atoms with Gasteiger partial charge >= 0.3 is 17.9 Å². The highest BCUT2D eigenvalue weighted by molar-refractivity contribution is 5.92. The van der Waals surface area contributed by atoms with E-state index in [2.05, 4.69) is 6.58 Å². The third-order valence-corrected chi connectivity index (χ3v) is 6.22. The molecule has 0 radical (unpaired) electrons. The molecule has 0 aromatic carbocycles. The maximum Gasteiger partial charge on any atom is 0.334 e. The van der Waals surface area contributed by atoms with Crippen LogP contribution >= 0.6 is 0 Å². The van der Waals surface area contributed by atoms with Crippen molar-refractivity contribution in [2.45, 2.75) is 63.3 Å². The first-order valence-electron chi connectivity index (χ1n) is 10.2. The number of hydrogen-bond acceptors (Lipinski definition) is 9. The fourth-order valence-electron chi connectivity index (χ4n) is 4.36. The Morgan fingerprint density at radius 1 is 1.39 bits per heavy atom. The molecule has 3 heterocycles. The summed E-state index contributed by atoms with van der Waals surface area (Å²) in [5, 5.41) is 9.81. The van der Waals surface area contributed by atoms with Gasteiger partial charge in [0.2, 0.25) is 0 Å². The number of fused-ring (bicyclic) bond motifs is 4. The van der Waals surface area contributed by atoms with Gasteiger partial charge in [-0.25, -0.2) is 9.59 Å². The average molecular weight is 434 g/mol. The molecule has 31 heavy (non-hydrogen) atoms. The molecule has 168 valence electrons. The highest BCUT2D eigenvalue weighted by atomic mass is 16.7. The van der Waals surface area contributed by atoms with E-state index in [0.29, 0.717) is 12.0 Å². The van der Waals surface area contributed by atoms with Crippen LogP contribution in [0.1, 0.15) is 27.2 Å². The number of aliphatic hydroxyl groups is 1. The number of ether oxygens (including phenoxy) is 5. The van der Waals surface area contributed by atoms with Crippen LogP contribution in [-0.4, -0.2) is 72.3 Å². The highest BCUT2D eigenvalue weighted by Gasteiger charge is 2.67. The van der Waals surface area contributed by atoms with Gasteiger partial charge < -0.3 is 28.8 Å². The minimum absolute atomic E-state index is 0.0484. The predicted octanol–water partition coefficient (Wildman–Crippen LogP) is 0.753. The lowest BCUT2D eigenvalue weighted by Crippen LogP contribution is -2.38. The fraction of sp³-hybridized carbons (Fsp3) is 0.591. The van der Waals surface area contributed by atoms with Crippen molar-refractivity contribution in [3.05, 3.63) is 35.5 Å². The van der Waals surface area contributed by atoms with Gasteiger partial charge in [-0.05, 0) is 31.6 Å². The molecule has 0 aromatic heterocycles. The zero-order chi connectivity index (χ0) is 22.5. The first-order valence-corrected chi connectivity index (χ1v) is 10.2. The zero-order valence-corrected chi connectivity index (χ0v) is 17.7. The van der Waals surface area contributed by atoms with Crippen molar-refractivity contribution in [3.63, 3.8) is 0 Å². The molecule has 3 fully saturated rings. The second-order valence-electron chi connectivity index (χ2n) is 8.53. The highest BCUT2D eigenvalue weighted by Crippen LogP contribution is 2.53. The van der Waals surface area contributed by atoms with E-state index >= 15 is 0 Å². The summed E-state index contributed by atoms with van der Waals surface area (Å²) in [6.45, 7) is 8.29. The molecule has 0 amide bonds. The summed E-state index contributed by atoms with van der Waals surface area (Å²) in [6, 6.07) is 0. The van der Waals surface area contributed by atoms with Crippen LogP contribution in [0.5, 0.6) is 0 Å². The number of aliphatic hydroxyl groups excluding tert-OH is 1. The van der Waals surface area contributed by atoms with Gasteiger partial charge in [0.1, 0.15) is 37.1 Å². The second kappa shape index (κ2) is 7.89. The number of hydrogen-bond donors (Lipinski definition) is 1. The van der Waals surface area contributed by atoms with E-state index in [1.54, 1.807) is 13.0 Å². The van der Waals surface area contributed by atoms with E-state index in [9.17, 15) is 19.5 Å². The lowest BCUT2D eigenvalue weighted by molar-refractivity contribution is -0.148. The molecular weight excluding hydrogens is 408 g/mol. The summed E-state index contributed by atoms with van der Waals surface area (Å²) >= 11 is 0. The molecule has 9 heteroatoms. The molecule has 0 aromatic rings. The smallest absolute Gasteiger partial charge is 0.334 e. The molecule has 0 spiro atoms. The van der Waals surface area contributed by atoms with Gasteiger partial charge in [-0.15, -0.1) is 0 Å². The molecule has 0 bridgehead atoms. The van der Waals surface area contributed by atoms with Gasteiger partial charge in [0.15, 0.2) is 0 Å². The van der Waals surface area contributed by atoms with Crippen LogP contribution in [0.15, 0.2) is 35.5 Å².